The minimum Gasteiger partial charge on any atom is -0.497 e. The van der Waals surface area contributed by atoms with Crippen molar-refractivity contribution in [1.82, 2.24) is 5.06 Å². The molecule has 98 valence electrons. The van der Waals surface area contributed by atoms with E-state index in [1.807, 2.05) is 0 Å². The van der Waals surface area contributed by atoms with Crippen LogP contribution in [-0.2, 0) is 9.63 Å². The Hall–Kier alpha value is -1.88. The van der Waals surface area contributed by atoms with Gasteiger partial charge in [-0.05, 0) is 12.1 Å². The van der Waals surface area contributed by atoms with Crippen LogP contribution in [0.4, 0.5) is 4.39 Å². The minimum atomic E-state index is -0.391. The number of hydrogen-bond donors (Lipinski definition) is 0. The summed E-state index contributed by atoms with van der Waals surface area (Å²) in [5, 5.41) is 1.12. The van der Waals surface area contributed by atoms with E-state index in [0.717, 1.165) is 5.06 Å². The fourth-order valence-corrected chi connectivity index (χ4v) is 1.29. The summed E-state index contributed by atoms with van der Waals surface area (Å²) in [6.07, 6.45) is 3.29. The van der Waals surface area contributed by atoms with Crippen LogP contribution in [-0.4, -0.2) is 32.2 Å². The van der Waals surface area contributed by atoms with Crippen molar-refractivity contribution in [2.24, 2.45) is 0 Å². The number of rotatable bonds is 5. The number of hydrogen-bond acceptors (Lipinski definition) is 3. The van der Waals surface area contributed by atoms with Crippen LogP contribution in [0.25, 0.3) is 6.08 Å². The van der Waals surface area contributed by atoms with Crippen LogP contribution >= 0.6 is 0 Å². The summed E-state index contributed by atoms with van der Waals surface area (Å²) in [6, 6.07) is 4.55. The van der Waals surface area contributed by atoms with Crippen molar-refractivity contribution in [3.63, 3.8) is 0 Å². The molecule has 4 nitrogen and oxygen atoms in total. The lowest BCUT2D eigenvalue weighted by atomic mass is 10.1. The maximum Gasteiger partial charge on any atom is 0.249 e. The summed E-state index contributed by atoms with van der Waals surface area (Å²) in [4.78, 5) is 16.1. The molecule has 0 N–H and O–H groups in total. The standard InChI is InChI=1S/C13H16FNO3/c1-15(18-3)13(16)6-4-5-10-7-8-11(17-2)9-12(10)14/h4-5,7-9H,6H2,1-3H3/b5-4+. The number of nitrogens with zero attached hydrogens (tertiary/aromatic N) is 1. The number of amides is 1. The quantitative estimate of drug-likeness (QED) is 0.755. The first-order valence-corrected chi connectivity index (χ1v) is 5.39. The van der Waals surface area contributed by atoms with Gasteiger partial charge in [-0.1, -0.05) is 12.2 Å². The summed E-state index contributed by atoms with van der Waals surface area (Å²) in [5.74, 6) is -0.138. The van der Waals surface area contributed by atoms with E-state index in [9.17, 15) is 9.18 Å². The first-order valence-electron chi connectivity index (χ1n) is 5.39. The lowest BCUT2D eigenvalue weighted by molar-refractivity contribution is -0.167. The fraction of sp³-hybridized carbons (Fsp3) is 0.308. The first kappa shape index (κ1) is 14.2. The average Bonchev–Trinajstić information content (AvgIpc) is 2.39. The van der Waals surface area contributed by atoms with Gasteiger partial charge in [0, 0.05) is 25.1 Å². The normalized spacial score (nSPS) is 10.7. The number of carbonyl (C=O) groups is 1. The molecular formula is C13H16FNO3. The Morgan fingerprint density at radius 3 is 2.72 bits per heavy atom. The largest absolute Gasteiger partial charge is 0.497 e. The molecule has 1 aromatic rings. The smallest absolute Gasteiger partial charge is 0.249 e. The third kappa shape index (κ3) is 3.85. The second kappa shape index (κ2) is 6.76. The number of benzene rings is 1. The van der Waals surface area contributed by atoms with E-state index >= 15 is 0 Å². The molecule has 0 heterocycles. The van der Waals surface area contributed by atoms with Gasteiger partial charge in [0.1, 0.15) is 11.6 Å². The van der Waals surface area contributed by atoms with E-state index in [4.69, 9.17) is 9.57 Å². The van der Waals surface area contributed by atoms with Gasteiger partial charge in [-0.3, -0.25) is 9.63 Å². The molecule has 0 spiro atoms. The van der Waals surface area contributed by atoms with Crippen LogP contribution in [0.15, 0.2) is 24.3 Å². The highest BCUT2D eigenvalue weighted by molar-refractivity contribution is 5.77. The summed E-state index contributed by atoms with van der Waals surface area (Å²) >= 11 is 0. The predicted octanol–water partition coefficient (Wildman–Crippen LogP) is 2.26. The number of ether oxygens (including phenoxy) is 1. The van der Waals surface area contributed by atoms with Crippen molar-refractivity contribution in [2.45, 2.75) is 6.42 Å². The molecule has 18 heavy (non-hydrogen) atoms. The van der Waals surface area contributed by atoms with E-state index in [1.165, 1.54) is 27.3 Å². The number of hydroxylamine groups is 2. The Balaban J connectivity index is 2.65. The zero-order chi connectivity index (χ0) is 13.5. The zero-order valence-electron chi connectivity index (χ0n) is 10.6. The van der Waals surface area contributed by atoms with Gasteiger partial charge in [0.2, 0.25) is 5.91 Å². The minimum absolute atomic E-state index is 0.149. The van der Waals surface area contributed by atoms with Crippen molar-refractivity contribution in [2.75, 3.05) is 21.3 Å². The second-order valence-corrected chi connectivity index (χ2v) is 3.57. The van der Waals surface area contributed by atoms with Crippen molar-refractivity contribution < 1.29 is 18.8 Å². The van der Waals surface area contributed by atoms with Gasteiger partial charge in [-0.15, -0.1) is 0 Å². The summed E-state index contributed by atoms with van der Waals surface area (Å²) in [6.45, 7) is 0. The lowest BCUT2D eigenvalue weighted by Crippen LogP contribution is -2.24. The number of carbonyl (C=O) groups excluding carboxylic acids is 1. The van der Waals surface area contributed by atoms with Crippen molar-refractivity contribution in [3.8, 4) is 5.75 Å². The molecule has 0 aromatic heterocycles. The van der Waals surface area contributed by atoms with Gasteiger partial charge in [-0.25, -0.2) is 9.45 Å². The van der Waals surface area contributed by atoms with E-state index in [-0.39, 0.29) is 12.3 Å². The van der Waals surface area contributed by atoms with E-state index < -0.39 is 5.82 Å². The Labute approximate surface area is 106 Å². The topological polar surface area (TPSA) is 38.8 Å². The van der Waals surface area contributed by atoms with Crippen LogP contribution < -0.4 is 4.74 Å². The molecule has 1 aromatic carbocycles. The van der Waals surface area contributed by atoms with Gasteiger partial charge in [-0.2, -0.15) is 0 Å². The Morgan fingerprint density at radius 2 is 2.17 bits per heavy atom. The zero-order valence-corrected chi connectivity index (χ0v) is 10.6. The summed E-state index contributed by atoms with van der Waals surface area (Å²) in [5.41, 5.74) is 0.406. The molecular weight excluding hydrogens is 237 g/mol. The highest BCUT2D eigenvalue weighted by Gasteiger charge is 2.05. The Morgan fingerprint density at radius 1 is 1.44 bits per heavy atom. The third-order valence-electron chi connectivity index (χ3n) is 2.42. The molecule has 0 fully saturated rings. The summed E-state index contributed by atoms with van der Waals surface area (Å²) in [7, 11) is 4.40. The van der Waals surface area contributed by atoms with E-state index in [2.05, 4.69) is 0 Å². The van der Waals surface area contributed by atoms with Crippen LogP contribution in [0.1, 0.15) is 12.0 Å². The molecule has 5 heteroatoms. The highest BCUT2D eigenvalue weighted by Crippen LogP contribution is 2.17. The Bertz CT molecular complexity index is 446. The molecule has 0 aliphatic carbocycles. The van der Waals surface area contributed by atoms with Gasteiger partial charge in [0.25, 0.3) is 0 Å². The third-order valence-corrected chi connectivity index (χ3v) is 2.42. The van der Waals surface area contributed by atoms with Gasteiger partial charge < -0.3 is 4.74 Å². The molecule has 1 amide bonds. The second-order valence-electron chi connectivity index (χ2n) is 3.57. The molecule has 0 aliphatic heterocycles. The van der Waals surface area contributed by atoms with Crippen molar-refractivity contribution >= 4 is 12.0 Å². The van der Waals surface area contributed by atoms with E-state index in [0.29, 0.717) is 11.3 Å². The summed E-state index contributed by atoms with van der Waals surface area (Å²) < 4.78 is 18.4. The maximum absolute atomic E-state index is 13.5. The van der Waals surface area contributed by atoms with Crippen LogP contribution in [0.2, 0.25) is 0 Å². The molecule has 0 unspecified atom stereocenters. The van der Waals surface area contributed by atoms with Gasteiger partial charge in [0.15, 0.2) is 0 Å². The molecule has 0 radical (unpaired) electrons. The highest BCUT2D eigenvalue weighted by atomic mass is 19.1. The maximum atomic E-state index is 13.5. The molecule has 0 bridgehead atoms. The van der Waals surface area contributed by atoms with Crippen LogP contribution in [0, 0.1) is 5.82 Å². The first-order chi connectivity index (χ1) is 8.58. The molecule has 0 aliphatic rings. The van der Waals surface area contributed by atoms with Crippen LogP contribution in [0.3, 0.4) is 0 Å². The molecule has 0 saturated heterocycles. The molecule has 0 saturated carbocycles. The SMILES string of the molecule is COc1ccc(/C=C/CC(=O)N(C)OC)c(F)c1. The van der Waals surface area contributed by atoms with Crippen molar-refractivity contribution in [3.05, 3.63) is 35.7 Å². The molecule has 0 atom stereocenters. The monoisotopic (exact) mass is 253 g/mol. The average molecular weight is 253 g/mol. The predicted molar refractivity (Wildman–Crippen MR) is 66.4 cm³/mol. The van der Waals surface area contributed by atoms with Gasteiger partial charge in [0.05, 0.1) is 14.2 Å². The van der Waals surface area contributed by atoms with Crippen LogP contribution in [0.5, 0.6) is 5.75 Å². The molecule has 1 rings (SSSR count). The fourth-order valence-electron chi connectivity index (χ4n) is 1.29. The van der Waals surface area contributed by atoms with Gasteiger partial charge >= 0.3 is 0 Å². The lowest BCUT2D eigenvalue weighted by Gasteiger charge is -2.11. The van der Waals surface area contributed by atoms with E-state index in [1.54, 1.807) is 24.3 Å². The number of halogens is 1. The van der Waals surface area contributed by atoms with Crippen molar-refractivity contribution in [1.29, 1.82) is 0 Å². The Kier molecular flexibility index (Phi) is 5.32. The number of methoxy groups -OCH3 is 1.